The van der Waals surface area contributed by atoms with Crippen LogP contribution in [0.3, 0.4) is 0 Å². The van der Waals surface area contributed by atoms with Gasteiger partial charge in [-0.25, -0.2) is 4.39 Å². The predicted octanol–water partition coefficient (Wildman–Crippen LogP) is 3.36. The van der Waals surface area contributed by atoms with Crippen molar-refractivity contribution in [2.45, 2.75) is 45.6 Å². The molecule has 1 fully saturated rings. The SMILES string of the molecule is CC(C)Nc1ccc(F)cc1NC(=O)CCC1CCNCC1. The van der Waals surface area contributed by atoms with E-state index < -0.39 is 0 Å². The first-order chi connectivity index (χ1) is 10.5. The second kappa shape index (κ2) is 8.13. The van der Waals surface area contributed by atoms with Crippen molar-refractivity contribution in [2.24, 2.45) is 5.92 Å². The molecule has 2 rings (SSSR count). The van der Waals surface area contributed by atoms with Crippen LogP contribution in [0.25, 0.3) is 0 Å². The molecule has 1 aliphatic heterocycles. The number of hydrogen-bond donors (Lipinski definition) is 3. The molecule has 22 heavy (non-hydrogen) atoms. The molecule has 0 bridgehead atoms. The minimum absolute atomic E-state index is 0.0454. The third-order valence-corrected chi connectivity index (χ3v) is 3.94. The summed E-state index contributed by atoms with van der Waals surface area (Å²) in [6.07, 6.45) is 3.65. The monoisotopic (exact) mass is 307 g/mol. The first-order valence-corrected chi connectivity index (χ1v) is 8.11. The molecule has 0 aliphatic carbocycles. The molecule has 0 spiro atoms. The summed E-state index contributed by atoms with van der Waals surface area (Å²) in [7, 11) is 0. The molecule has 0 atom stereocenters. The molecule has 4 nitrogen and oxygen atoms in total. The lowest BCUT2D eigenvalue weighted by Gasteiger charge is -2.22. The Bertz CT molecular complexity index is 499. The van der Waals surface area contributed by atoms with Crippen LogP contribution < -0.4 is 16.0 Å². The van der Waals surface area contributed by atoms with Crippen LogP contribution in [0.15, 0.2) is 18.2 Å². The van der Waals surface area contributed by atoms with E-state index in [1.807, 2.05) is 13.8 Å². The van der Waals surface area contributed by atoms with E-state index in [9.17, 15) is 9.18 Å². The molecule has 122 valence electrons. The predicted molar refractivity (Wildman–Crippen MR) is 88.6 cm³/mol. The molecule has 5 heteroatoms. The van der Waals surface area contributed by atoms with Crippen LogP contribution in [-0.4, -0.2) is 25.0 Å². The van der Waals surface area contributed by atoms with E-state index in [4.69, 9.17) is 0 Å². The van der Waals surface area contributed by atoms with E-state index in [2.05, 4.69) is 16.0 Å². The zero-order chi connectivity index (χ0) is 15.9. The molecule has 1 amide bonds. The molecule has 0 aromatic heterocycles. The van der Waals surface area contributed by atoms with Crippen LogP contribution in [0.1, 0.15) is 39.5 Å². The lowest BCUT2D eigenvalue weighted by Crippen LogP contribution is -2.28. The summed E-state index contributed by atoms with van der Waals surface area (Å²) in [6.45, 7) is 6.09. The molecule has 3 N–H and O–H groups in total. The standard InChI is InChI=1S/C17H26FN3O/c1-12(2)20-15-5-4-14(18)11-16(15)21-17(22)6-3-13-7-9-19-10-8-13/h4-5,11-13,19-20H,3,6-10H2,1-2H3,(H,21,22). The topological polar surface area (TPSA) is 53.2 Å². The third kappa shape index (κ3) is 5.30. The summed E-state index contributed by atoms with van der Waals surface area (Å²) in [5, 5.41) is 9.38. The number of nitrogens with one attached hydrogen (secondary N) is 3. The van der Waals surface area contributed by atoms with Crippen LogP contribution in [0.2, 0.25) is 0 Å². The maximum Gasteiger partial charge on any atom is 0.224 e. The van der Waals surface area contributed by atoms with Gasteiger partial charge in [-0.2, -0.15) is 0 Å². The molecule has 1 heterocycles. The minimum Gasteiger partial charge on any atom is -0.381 e. The van der Waals surface area contributed by atoms with E-state index in [0.29, 0.717) is 18.0 Å². The number of benzene rings is 1. The fraction of sp³-hybridized carbons (Fsp3) is 0.588. The van der Waals surface area contributed by atoms with Crippen molar-refractivity contribution in [3.63, 3.8) is 0 Å². The summed E-state index contributed by atoms with van der Waals surface area (Å²) in [5.74, 6) is 0.228. The van der Waals surface area contributed by atoms with Gasteiger partial charge in [0.1, 0.15) is 5.82 Å². The van der Waals surface area contributed by atoms with Gasteiger partial charge in [-0.1, -0.05) is 0 Å². The van der Waals surface area contributed by atoms with Crippen molar-refractivity contribution in [2.75, 3.05) is 23.7 Å². The zero-order valence-corrected chi connectivity index (χ0v) is 13.4. The molecule has 1 aromatic rings. The van der Waals surface area contributed by atoms with Crippen molar-refractivity contribution in [3.05, 3.63) is 24.0 Å². The van der Waals surface area contributed by atoms with Crippen molar-refractivity contribution in [1.82, 2.24) is 5.32 Å². The van der Waals surface area contributed by atoms with E-state index in [1.165, 1.54) is 12.1 Å². The van der Waals surface area contributed by atoms with Crippen molar-refractivity contribution in [3.8, 4) is 0 Å². The number of rotatable bonds is 6. The Morgan fingerprint density at radius 2 is 2.05 bits per heavy atom. The highest BCUT2D eigenvalue weighted by atomic mass is 19.1. The van der Waals surface area contributed by atoms with Gasteiger partial charge in [0, 0.05) is 12.5 Å². The average Bonchev–Trinajstić information content (AvgIpc) is 2.49. The van der Waals surface area contributed by atoms with Crippen LogP contribution >= 0.6 is 0 Å². The minimum atomic E-state index is -0.344. The van der Waals surface area contributed by atoms with Gasteiger partial charge in [0.15, 0.2) is 0 Å². The zero-order valence-electron chi connectivity index (χ0n) is 13.4. The Kier molecular flexibility index (Phi) is 6.19. The molecular formula is C17H26FN3O. The fourth-order valence-electron chi connectivity index (χ4n) is 2.78. The number of hydrogen-bond acceptors (Lipinski definition) is 3. The van der Waals surface area contributed by atoms with Crippen LogP contribution in [0.4, 0.5) is 15.8 Å². The van der Waals surface area contributed by atoms with Crippen LogP contribution in [-0.2, 0) is 4.79 Å². The van der Waals surface area contributed by atoms with E-state index in [0.717, 1.165) is 38.0 Å². The first kappa shape index (κ1) is 16.7. The number of anilines is 2. The summed E-state index contributed by atoms with van der Waals surface area (Å²) in [4.78, 5) is 12.1. The third-order valence-electron chi connectivity index (χ3n) is 3.94. The normalized spacial score (nSPS) is 15.8. The lowest BCUT2D eigenvalue weighted by molar-refractivity contribution is -0.116. The van der Waals surface area contributed by atoms with E-state index in [1.54, 1.807) is 6.07 Å². The average molecular weight is 307 g/mol. The fourth-order valence-corrected chi connectivity index (χ4v) is 2.78. The molecular weight excluding hydrogens is 281 g/mol. The highest BCUT2D eigenvalue weighted by Gasteiger charge is 2.15. The Morgan fingerprint density at radius 3 is 2.73 bits per heavy atom. The highest BCUT2D eigenvalue weighted by molar-refractivity contribution is 5.94. The second-order valence-electron chi connectivity index (χ2n) is 6.27. The lowest BCUT2D eigenvalue weighted by atomic mass is 9.93. The molecule has 0 radical (unpaired) electrons. The second-order valence-corrected chi connectivity index (χ2v) is 6.27. The quantitative estimate of drug-likeness (QED) is 0.755. The van der Waals surface area contributed by atoms with Crippen molar-refractivity contribution < 1.29 is 9.18 Å². The number of carbonyl (C=O) groups is 1. The van der Waals surface area contributed by atoms with Crippen molar-refractivity contribution >= 4 is 17.3 Å². The molecule has 0 saturated carbocycles. The van der Waals surface area contributed by atoms with Gasteiger partial charge in [-0.05, 0) is 70.3 Å². The van der Waals surface area contributed by atoms with Gasteiger partial charge < -0.3 is 16.0 Å². The van der Waals surface area contributed by atoms with Gasteiger partial charge in [-0.15, -0.1) is 0 Å². The molecule has 1 aromatic carbocycles. The number of halogens is 1. The van der Waals surface area contributed by atoms with Gasteiger partial charge in [0.2, 0.25) is 5.91 Å². The maximum atomic E-state index is 13.4. The number of piperidine rings is 1. The summed E-state index contributed by atoms with van der Waals surface area (Å²) < 4.78 is 13.4. The Hall–Kier alpha value is -1.62. The number of amides is 1. The Labute approximate surface area is 131 Å². The summed E-state index contributed by atoms with van der Waals surface area (Å²) in [6, 6.07) is 4.65. The largest absolute Gasteiger partial charge is 0.381 e. The maximum absolute atomic E-state index is 13.4. The molecule has 0 unspecified atom stereocenters. The summed E-state index contributed by atoms with van der Waals surface area (Å²) in [5.41, 5.74) is 1.27. The van der Waals surface area contributed by atoms with Gasteiger partial charge in [-0.3, -0.25) is 4.79 Å². The molecule has 1 aliphatic rings. The Morgan fingerprint density at radius 1 is 1.32 bits per heavy atom. The smallest absolute Gasteiger partial charge is 0.224 e. The number of carbonyl (C=O) groups excluding carboxylic acids is 1. The first-order valence-electron chi connectivity index (χ1n) is 8.11. The van der Waals surface area contributed by atoms with E-state index >= 15 is 0 Å². The Balaban J connectivity index is 1.90. The van der Waals surface area contributed by atoms with E-state index in [-0.39, 0.29) is 17.8 Å². The van der Waals surface area contributed by atoms with Gasteiger partial charge in [0.25, 0.3) is 0 Å². The highest BCUT2D eigenvalue weighted by Crippen LogP contribution is 2.24. The molecule has 1 saturated heterocycles. The summed E-state index contributed by atoms with van der Waals surface area (Å²) >= 11 is 0. The van der Waals surface area contributed by atoms with Gasteiger partial charge in [0.05, 0.1) is 11.4 Å². The van der Waals surface area contributed by atoms with Crippen molar-refractivity contribution in [1.29, 1.82) is 0 Å². The van der Waals surface area contributed by atoms with Crippen LogP contribution in [0.5, 0.6) is 0 Å². The van der Waals surface area contributed by atoms with Gasteiger partial charge >= 0.3 is 0 Å². The van der Waals surface area contributed by atoms with Crippen LogP contribution in [0, 0.1) is 11.7 Å².